The van der Waals surface area contributed by atoms with Crippen molar-refractivity contribution in [3.05, 3.63) is 95.6 Å². The van der Waals surface area contributed by atoms with Gasteiger partial charge in [0.15, 0.2) is 0 Å². The molecule has 3 aromatic carbocycles. The SMILES string of the molecule is O=C1NN=C(c2ccccc2Oc2ccc(F)cc2)C1(O)c1ccc(F)cc1. The number of benzene rings is 3. The Morgan fingerprint density at radius 2 is 1.50 bits per heavy atom. The van der Waals surface area contributed by atoms with Gasteiger partial charge in [-0.05, 0) is 54.1 Å². The van der Waals surface area contributed by atoms with Gasteiger partial charge in [-0.2, -0.15) is 5.10 Å². The van der Waals surface area contributed by atoms with Crippen molar-refractivity contribution < 1.29 is 23.4 Å². The quantitative estimate of drug-likeness (QED) is 0.728. The second-order valence-electron chi connectivity index (χ2n) is 6.17. The lowest BCUT2D eigenvalue weighted by atomic mass is 9.85. The monoisotopic (exact) mass is 380 g/mol. The molecule has 140 valence electrons. The fourth-order valence-corrected chi connectivity index (χ4v) is 2.97. The molecule has 1 aliphatic heterocycles. The predicted molar refractivity (Wildman–Crippen MR) is 97.9 cm³/mol. The minimum Gasteiger partial charge on any atom is -0.457 e. The third-order valence-electron chi connectivity index (χ3n) is 4.39. The minimum absolute atomic E-state index is 0.0156. The molecule has 0 bridgehead atoms. The summed E-state index contributed by atoms with van der Waals surface area (Å²) in [4.78, 5) is 12.4. The van der Waals surface area contributed by atoms with E-state index in [0.29, 0.717) is 17.1 Å². The van der Waals surface area contributed by atoms with E-state index in [9.17, 15) is 18.7 Å². The van der Waals surface area contributed by atoms with Gasteiger partial charge in [0.05, 0.1) is 0 Å². The first-order chi connectivity index (χ1) is 13.5. The zero-order valence-electron chi connectivity index (χ0n) is 14.4. The summed E-state index contributed by atoms with van der Waals surface area (Å²) in [6, 6.07) is 17.0. The molecule has 7 heteroatoms. The van der Waals surface area contributed by atoms with Crippen molar-refractivity contribution in [3.8, 4) is 11.5 Å². The number of carbonyl (C=O) groups excluding carboxylic acids is 1. The molecule has 2 N–H and O–H groups in total. The van der Waals surface area contributed by atoms with Gasteiger partial charge in [0.2, 0.25) is 5.60 Å². The third kappa shape index (κ3) is 3.01. The van der Waals surface area contributed by atoms with Crippen molar-refractivity contribution in [2.45, 2.75) is 5.60 Å². The average Bonchev–Trinajstić information content (AvgIpc) is 3.00. The Hall–Kier alpha value is -3.58. The molecule has 1 atom stereocenters. The Kier molecular flexibility index (Phi) is 4.37. The van der Waals surface area contributed by atoms with Gasteiger partial charge in [0, 0.05) is 5.56 Å². The molecule has 0 aliphatic carbocycles. The number of ether oxygens (including phenoxy) is 1. The van der Waals surface area contributed by atoms with Crippen LogP contribution in [0.1, 0.15) is 11.1 Å². The highest BCUT2D eigenvalue weighted by molar-refractivity contribution is 6.23. The number of hydrogen-bond donors (Lipinski definition) is 2. The summed E-state index contributed by atoms with van der Waals surface area (Å²) < 4.78 is 32.2. The Labute approximate surface area is 158 Å². The van der Waals surface area contributed by atoms with Gasteiger partial charge < -0.3 is 9.84 Å². The van der Waals surface area contributed by atoms with E-state index in [1.54, 1.807) is 24.3 Å². The molecular formula is C21H14F2N2O3. The number of amides is 1. The number of rotatable bonds is 4. The molecule has 0 aromatic heterocycles. The van der Waals surface area contributed by atoms with Crippen LogP contribution < -0.4 is 10.2 Å². The molecule has 5 nitrogen and oxygen atoms in total. The summed E-state index contributed by atoms with van der Waals surface area (Å²) in [5, 5.41) is 15.2. The van der Waals surface area contributed by atoms with Crippen LogP contribution in [-0.4, -0.2) is 16.7 Å². The normalized spacial score (nSPS) is 18.5. The third-order valence-corrected chi connectivity index (χ3v) is 4.39. The minimum atomic E-state index is -2.12. The highest BCUT2D eigenvalue weighted by Gasteiger charge is 2.49. The van der Waals surface area contributed by atoms with E-state index in [4.69, 9.17) is 4.74 Å². The molecule has 1 aliphatic rings. The van der Waals surface area contributed by atoms with Gasteiger partial charge in [-0.3, -0.25) is 4.79 Å². The lowest BCUT2D eigenvalue weighted by molar-refractivity contribution is -0.132. The lowest BCUT2D eigenvalue weighted by Crippen LogP contribution is -2.43. The van der Waals surface area contributed by atoms with E-state index < -0.39 is 23.1 Å². The van der Waals surface area contributed by atoms with Crippen LogP contribution in [-0.2, 0) is 10.4 Å². The molecule has 1 heterocycles. The number of carbonyl (C=O) groups is 1. The van der Waals surface area contributed by atoms with Gasteiger partial charge in [-0.25, -0.2) is 14.2 Å². The maximum absolute atomic E-state index is 13.3. The lowest BCUT2D eigenvalue weighted by Gasteiger charge is -2.23. The summed E-state index contributed by atoms with van der Waals surface area (Å²) in [5.74, 6) is -0.974. The van der Waals surface area contributed by atoms with Gasteiger partial charge >= 0.3 is 0 Å². The van der Waals surface area contributed by atoms with Gasteiger partial charge in [-0.15, -0.1) is 0 Å². The molecule has 3 aromatic rings. The van der Waals surface area contributed by atoms with Crippen LogP contribution in [0, 0.1) is 11.6 Å². The molecule has 0 saturated heterocycles. The molecule has 4 rings (SSSR count). The summed E-state index contributed by atoms with van der Waals surface area (Å²) in [7, 11) is 0. The number of hydrogen-bond acceptors (Lipinski definition) is 4. The van der Waals surface area contributed by atoms with E-state index in [1.807, 2.05) is 0 Å². The molecular weight excluding hydrogens is 366 g/mol. The van der Waals surface area contributed by atoms with Crippen LogP contribution in [0.3, 0.4) is 0 Å². The Morgan fingerprint density at radius 3 is 2.18 bits per heavy atom. The maximum atomic E-state index is 13.3. The largest absolute Gasteiger partial charge is 0.457 e. The summed E-state index contributed by atoms with van der Waals surface area (Å²) in [5.41, 5.74) is 0.695. The van der Waals surface area contributed by atoms with E-state index in [0.717, 1.165) is 12.1 Å². The standard InChI is InChI=1S/C21H14F2N2O3/c22-14-7-5-13(6-8-14)21(27)19(24-25-20(21)26)17-3-1-2-4-18(17)28-16-11-9-15(23)10-12-16/h1-12,27H,(H,25,26). The number of para-hydroxylation sites is 1. The zero-order valence-corrected chi connectivity index (χ0v) is 14.4. The molecule has 0 fully saturated rings. The van der Waals surface area contributed by atoms with Crippen LogP contribution in [0.25, 0.3) is 0 Å². The molecule has 28 heavy (non-hydrogen) atoms. The van der Waals surface area contributed by atoms with Gasteiger partial charge in [0.25, 0.3) is 5.91 Å². The van der Waals surface area contributed by atoms with E-state index in [-0.39, 0.29) is 11.3 Å². The van der Waals surface area contributed by atoms with Crippen LogP contribution in [0.2, 0.25) is 0 Å². The van der Waals surface area contributed by atoms with Crippen molar-refractivity contribution >= 4 is 11.6 Å². The molecule has 0 spiro atoms. The number of nitrogens with zero attached hydrogens (tertiary/aromatic N) is 1. The van der Waals surface area contributed by atoms with Crippen molar-refractivity contribution in [3.63, 3.8) is 0 Å². The van der Waals surface area contributed by atoms with Gasteiger partial charge in [0.1, 0.15) is 28.8 Å². The smallest absolute Gasteiger partial charge is 0.283 e. The first kappa shape index (κ1) is 17.8. The maximum Gasteiger partial charge on any atom is 0.283 e. The summed E-state index contributed by atoms with van der Waals surface area (Å²) >= 11 is 0. The zero-order chi connectivity index (χ0) is 19.7. The van der Waals surface area contributed by atoms with Crippen molar-refractivity contribution in [2.75, 3.05) is 0 Å². The Balaban J connectivity index is 1.77. The van der Waals surface area contributed by atoms with Crippen molar-refractivity contribution in [2.24, 2.45) is 5.10 Å². The van der Waals surface area contributed by atoms with E-state index in [2.05, 4.69) is 10.5 Å². The second kappa shape index (κ2) is 6.86. The van der Waals surface area contributed by atoms with E-state index in [1.165, 1.54) is 36.4 Å². The Morgan fingerprint density at radius 1 is 0.893 bits per heavy atom. The fraction of sp³-hybridized carbons (Fsp3) is 0.0476. The second-order valence-corrected chi connectivity index (χ2v) is 6.17. The Bertz CT molecular complexity index is 1070. The summed E-state index contributed by atoms with van der Waals surface area (Å²) in [6.07, 6.45) is 0. The highest BCUT2D eigenvalue weighted by atomic mass is 19.1. The number of hydrazone groups is 1. The first-order valence-corrected chi connectivity index (χ1v) is 8.38. The van der Waals surface area contributed by atoms with Crippen LogP contribution in [0.5, 0.6) is 11.5 Å². The van der Waals surface area contributed by atoms with Crippen LogP contribution in [0.15, 0.2) is 77.9 Å². The van der Waals surface area contributed by atoms with Crippen LogP contribution >= 0.6 is 0 Å². The highest BCUT2D eigenvalue weighted by Crippen LogP contribution is 2.35. The van der Waals surface area contributed by atoms with Crippen molar-refractivity contribution in [1.29, 1.82) is 0 Å². The van der Waals surface area contributed by atoms with Gasteiger partial charge in [-0.1, -0.05) is 24.3 Å². The van der Waals surface area contributed by atoms with E-state index >= 15 is 0 Å². The fourth-order valence-electron chi connectivity index (χ4n) is 2.97. The molecule has 0 radical (unpaired) electrons. The number of nitrogens with one attached hydrogen (secondary N) is 1. The number of halogens is 2. The average molecular weight is 380 g/mol. The summed E-state index contributed by atoms with van der Waals surface area (Å²) in [6.45, 7) is 0. The topological polar surface area (TPSA) is 70.9 Å². The molecule has 1 unspecified atom stereocenters. The van der Waals surface area contributed by atoms with Crippen molar-refractivity contribution in [1.82, 2.24) is 5.43 Å². The van der Waals surface area contributed by atoms with Crippen LogP contribution in [0.4, 0.5) is 8.78 Å². The predicted octanol–water partition coefficient (Wildman–Crippen LogP) is 3.48. The first-order valence-electron chi connectivity index (χ1n) is 8.38. The molecule has 1 amide bonds. The molecule has 0 saturated carbocycles. The number of aliphatic hydroxyl groups is 1.